The molecule has 4 rings (SSSR count). The van der Waals surface area contributed by atoms with Crippen LogP contribution < -0.4 is 19.9 Å². The van der Waals surface area contributed by atoms with E-state index in [0.717, 1.165) is 16.9 Å². The second-order valence-electron chi connectivity index (χ2n) is 8.30. The molecule has 7 heteroatoms. The summed E-state index contributed by atoms with van der Waals surface area (Å²) in [4.78, 5) is 29.3. The fourth-order valence-electron chi connectivity index (χ4n) is 4.01. The normalized spacial score (nSPS) is 12.1. The number of anilines is 3. The molecule has 1 amide bonds. The molecule has 0 aliphatic carbocycles. The van der Waals surface area contributed by atoms with Gasteiger partial charge in [0.1, 0.15) is 23.2 Å². The molecule has 0 atom stereocenters. The summed E-state index contributed by atoms with van der Waals surface area (Å²) in [6.07, 6.45) is -0.145. The second-order valence-corrected chi connectivity index (χ2v) is 8.30. The van der Waals surface area contributed by atoms with Gasteiger partial charge in [0.05, 0.1) is 17.1 Å². The van der Waals surface area contributed by atoms with Crippen molar-refractivity contribution >= 4 is 28.8 Å². The fourth-order valence-corrected chi connectivity index (χ4v) is 4.01. The molecule has 35 heavy (non-hydrogen) atoms. The van der Waals surface area contributed by atoms with Gasteiger partial charge in [-0.05, 0) is 43.3 Å². The van der Waals surface area contributed by atoms with E-state index in [2.05, 4.69) is 5.32 Å². The number of nitriles is 1. The van der Waals surface area contributed by atoms with Crippen LogP contribution in [0, 0.1) is 18.3 Å². The maximum absolute atomic E-state index is 13.0. The highest BCUT2D eigenvalue weighted by atomic mass is 16.5. The molecule has 0 spiro atoms. The molecule has 0 saturated carbocycles. The summed E-state index contributed by atoms with van der Waals surface area (Å²) in [5.74, 6) is 0.952. The summed E-state index contributed by atoms with van der Waals surface area (Å²) >= 11 is 0. The van der Waals surface area contributed by atoms with Gasteiger partial charge >= 0.3 is 0 Å². The van der Waals surface area contributed by atoms with Gasteiger partial charge in [-0.25, -0.2) is 0 Å². The maximum atomic E-state index is 13.0. The molecule has 3 aromatic carbocycles. The summed E-state index contributed by atoms with van der Waals surface area (Å²) in [6.45, 7) is 1.99. The monoisotopic (exact) mass is 466 g/mol. The summed E-state index contributed by atoms with van der Waals surface area (Å²) in [6, 6.07) is 24.5. The number of allylic oxidation sites excluding steroid dienone is 1. The van der Waals surface area contributed by atoms with Crippen LogP contribution in [0.2, 0.25) is 0 Å². The van der Waals surface area contributed by atoms with Gasteiger partial charge in [0.25, 0.3) is 0 Å². The number of amides is 1. The van der Waals surface area contributed by atoms with E-state index in [4.69, 9.17) is 4.74 Å². The molecular formula is C28H26N4O3. The molecule has 3 aromatic rings. The van der Waals surface area contributed by atoms with Crippen molar-refractivity contribution in [1.82, 2.24) is 0 Å². The molecule has 7 nitrogen and oxygen atoms in total. The highest BCUT2D eigenvalue weighted by molar-refractivity contribution is 6.04. The van der Waals surface area contributed by atoms with Crippen molar-refractivity contribution in [3.8, 4) is 17.6 Å². The van der Waals surface area contributed by atoms with Crippen LogP contribution >= 0.6 is 0 Å². The minimum absolute atomic E-state index is 0.0297. The Hall–Kier alpha value is -4.57. The van der Waals surface area contributed by atoms with E-state index in [0.29, 0.717) is 23.0 Å². The summed E-state index contributed by atoms with van der Waals surface area (Å²) in [5.41, 5.74) is 3.48. The van der Waals surface area contributed by atoms with E-state index in [1.807, 2.05) is 91.5 Å². The van der Waals surface area contributed by atoms with Crippen molar-refractivity contribution in [2.24, 2.45) is 0 Å². The molecular weight excluding hydrogens is 440 g/mol. The quantitative estimate of drug-likeness (QED) is 0.371. The molecule has 176 valence electrons. The number of carbonyl (C=O) groups is 2. The van der Waals surface area contributed by atoms with Gasteiger partial charge in [0.2, 0.25) is 5.91 Å². The zero-order valence-electron chi connectivity index (χ0n) is 19.9. The van der Waals surface area contributed by atoms with Crippen molar-refractivity contribution in [3.05, 3.63) is 89.8 Å². The SMILES string of the molecule is Cc1ccc(Oc2ccccc2NC(=O)CCC(=O)C(C#N)=C2N(C)c3ccccc3N2C)cc1. The standard InChI is InChI=1S/C28H26N4O3/c1-19-12-14-20(15-13-19)35-26-11-7-4-8-22(26)30-27(34)17-16-25(33)21(18-29)28-31(2)23-9-5-6-10-24(23)32(28)3/h4-15H,16-17H2,1-3H3,(H,30,34). The first-order chi connectivity index (χ1) is 16.9. The maximum Gasteiger partial charge on any atom is 0.224 e. The van der Waals surface area contributed by atoms with Crippen molar-refractivity contribution in [3.63, 3.8) is 0 Å². The van der Waals surface area contributed by atoms with Gasteiger partial charge in [0, 0.05) is 26.9 Å². The number of ketones is 1. The van der Waals surface area contributed by atoms with Gasteiger partial charge in [0.15, 0.2) is 11.5 Å². The third-order valence-electron chi connectivity index (χ3n) is 5.84. The predicted molar refractivity (Wildman–Crippen MR) is 136 cm³/mol. The van der Waals surface area contributed by atoms with Gasteiger partial charge in [-0.2, -0.15) is 5.26 Å². The number of benzene rings is 3. The molecule has 1 heterocycles. The first-order valence-electron chi connectivity index (χ1n) is 11.3. The molecule has 0 bridgehead atoms. The Morgan fingerprint density at radius 1 is 0.886 bits per heavy atom. The highest BCUT2D eigenvalue weighted by Gasteiger charge is 2.31. The lowest BCUT2D eigenvalue weighted by Gasteiger charge is -2.20. The van der Waals surface area contributed by atoms with Crippen LogP contribution in [0.1, 0.15) is 18.4 Å². The first kappa shape index (κ1) is 23.6. The molecule has 0 aromatic heterocycles. The lowest BCUT2D eigenvalue weighted by molar-refractivity contribution is -0.120. The van der Waals surface area contributed by atoms with Crippen LogP contribution in [-0.2, 0) is 9.59 Å². The molecule has 0 saturated heterocycles. The van der Waals surface area contributed by atoms with Gasteiger partial charge in [-0.15, -0.1) is 0 Å². The van der Waals surface area contributed by atoms with E-state index in [1.165, 1.54) is 0 Å². The molecule has 1 aliphatic rings. The van der Waals surface area contributed by atoms with E-state index in [1.54, 1.807) is 18.2 Å². The molecule has 1 N–H and O–H groups in total. The number of nitrogens with one attached hydrogen (secondary N) is 1. The number of nitrogens with zero attached hydrogens (tertiary/aromatic N) is 3. The molecule has 1 aliphatic heterocycles. The van der Waals surface area contributed by atoms with E-state index in [-0.39, 0.29) is 30.1 Å². The van der Waals surface area contributed by atoms with Crippen LogP contribution in [0.3, 0.4) is 0 Å². The van der Waals surface area contributed by atoms with Crippen LogP contribution in [0.25, 0.3) is 0 Å². The highest BCUT2D eigenvalue weighted by Crippen LogP contribution is 2.40. The molecule has 0 unspecified atom stereocenters. The minimum atomic E-state index is -0.381. The first-order valence-corrected chi connectivity index (χ1v) is 11.3. The number of hydrogen-bond donors (Lipinski definition) is 1. The number of Topliss-reactive ketones (excluding diaryl/α,β-unsaturated/α-hetero) is 1. The van der Waals surface area contributed by atoms with Crippen molar-refractivity contribution in [2.45, 2.75) is 19.8 Å². The van der Waals surface area contributed by atoms with Crippen LogP contribution in [0.5, 0.6) is 11.5 Å². The predicted octanol–water partition coefficient (Wildman–Crippen LogP) is 5.40. The van der Waals surface area contributed by atoms with E-state index < -0.39 is 0 Å². The van der Waals surface area contributed by atoms with Crippen LogP contribution in [-0.4, -0.2) is 25.8 Å². The zero-order chi connectivity index (χ0) is 24.9. The number of para-hydroxylation sites is 4. The Bertz CT molecular complexity index is 1310. The summed E-state index contributed by atoms with van der Waals surface area (Å²) in [7, 11) is 3.64. The van der Waals surface area contributed by atoms with Crippen LogP contribution in [0.15, 0.2) is 84.2 Å². The van der Waals surface area contributed by atoms with E-state index in [9.17, 15) is 14.9 Å². The number of rotatable bonds is 7. The van der Waals surface area contributed by atoms with Crippen molar-refractivity contribution < 1.29 is 14.3 Å². The third-order valence-corrected chi connectivity index (χ3v) is 5.84. The molecule has 0 radical (unpaired) electrons. The fraction of sp³-hybridized carbons (Fsp3) is 0.179. The number of carbonyl (C=O) groups excluding carboxylic acids is 2. The van der Waals surface area contributed by atoms with Crippen molar-refractivity contribution in [2.75, 3.05) is 29.2 Å². The topological polar surface area (TPSA) is 85.7 Å². The Balaban J connectivity index is 1.43. The van der Waals surface area contributed by atoms with E-state index >= 15 is 0 Å². The van der Waals surface area contributed by atoms with Gasteiger partial charge < -0.3 is 19.9 Å². The average molecular weight is 467 g/mol. The third kappa shape index (κ3) is 5.02. The summed E-state index contributed by atoms with van der Waals surface area (Å²) in [5, 5.41) is 12.6. The summed E-state index contributed by atoms with van der Waals surface area (Å²) < 4.78 is 5.93. The lowest BCUT2D eigenvalue weighted by atomic mass is 10.1. The second kappa shape index (κ2) is 10.1. The Kier molecular flexibility index (Phi) is 6.83. The Morgan fingerprint density at radius 3 is 2.11 bits per heavy atom. The van der Waals surface area contributed by atoms with Gasteiger partial charge in [-0.1, -0.05) is 42.0 Å². The minimum Gasteiger partial charge on any atom is -0.455 e. The number of ether oxygens (including phenoxy) is 1. The molecule has 0 fully saturated rings. The average Bonchev–Trinajstić information content (AvgIpc) is 3.11. The lowest BCUT2D eigenvalue weighted by Crippen LogP contribution is -2.26. The largest absolute Gasteiger partial charge is 0.455 e. The smallest absolute Gasteiger partial charge is 0.224 e. The van der Waals surface area contributed by atoms with Crippen molar-refractivity contribution in [1.29, 1.82) is 5.26 Å². The number of aryl methyl sites for hydroxylation is 1. The number of fused-ring (bicyclic) bond motifs is 1. The van der Waals surface area contributed by atoms with Crippen LogP contribution in [0.4, 0.5) is 17.1 Å². The number of hydrogen-bond acceptors (Lipinski definition) is 6. The Morgan fingerprint density at radius 2 is 1.49 bits per heavy atom. The Labute approximate surface area is 204 Å². The zero-order valence-corrected chi connectivity index (χ0v) is 19.9. The van der Waals surface area contributed by atoms with Gasteiger partial charge in [-0.3, -0.25) is 9.59 Å².